The lowest BCUT2D eigenvalue weighted by atomic mass is 10.2. The van der Waals surface area contributed by atoms with Gasteiger partial charge in [0, 0.05) is 22.7 Å². The third-order valence-electron chi connectivity index (χ3n) is 4.60. The van der Waals surface area contributed by atoms with E-state index in [2.05, 4.69) is 10.3 Å². The number of carbonyl (C=O) groups excluding carboxylic acids is 1. The lowest BCUT2D eigenvalue weighted by Crippen LogP contribution is -2.12. The molecule has 0 saturated heterocycles. The average Bonchev–Trinajstić information content (AvgIpc) is 3.30. The van der Waals surface area contributed by atoms with Gasteiger partial charge in [0.15, 0.2) is 0 Å². The number of ether oxygens (including phenoxy) is 2. The summed E-state index contributed by atoms with van der Waals surface area (Å²) >= 11 is 1.29. The Bertz CT molecular complexity index is 1240. The van der Waals surface area contributed by atoms with Crippen LogP contribution in [0, 0.1) is 11.6 Å². The summed E-state index contributed by atoms with van der Waals surface area (Å²) in [4.78, 5) is 17.0. The molecule has 0 saturated carbocycles. The monoisotopic (exact) mass is 452 g/mol. The summed E-state index contributed by atoms with van der Waals surface area (Å²) in [6.07, 6.45) is 0. The number of hydrogen-bond acceptors (Lipinski definition) is 5. The van der Waals surface area contributed by atoms with E-state index in [1.807, 2.05) is 6.07 Å². The second-order valence-electron chi connectivity index (χ2n) is 6.74. The van der Waals surface area contributed by atoms with Crippen LogP contribution in [0.1, 0.15) is 16.1 Å². The summed E-state index contributed by atoms with van der Waals surface area (Å²) in [7, 11) is 1.57. The molecule has 1 N–H and O–H groups in total. The number of benzene rings is 3. The minimum Gasteiger partial charge on any atom is -0.497 e. The molecule has 0 bridgehead atoms. The number of carbonyl (C=O) groups is 1. The van der Waals surface area contributed by atoms with Gasteiger partial charge in [-0.25, -0.2) is 13.8 Å². The highest BCUT2D eigenvalue weighted by atomic mass is 32.1. The Balaban J connectivity index is 1.49. The van der Waals surface area contributed by atoms with Crippen molar-refractivity contribution in [2.24, 2.45) is 0 Å². The molecule has 0 aliphatic heterocycles. The van der Waals surface area contributed by atoms with Crippen LogP contribution >= 0.6 is 11.3 Å². The lowest BCUT2D eigenvalue weighted by molar-refractivity contribution is 0.102. The zero-order valence-electron chi connectivity index (χ0n) is 17.0. The summed E-state index contributed by atoms with van der Waals surface area (Å²) in [6.45, 7) is -0.0701. The van der Waals surface area contributed by atoms with Crippen LogP contribution in [0.4, 0.5) is 14.5 Å². The first-order chi connectivity index (χ1) is 15.5. The summed E-state index contributed by atoms with van der Waals surface area (Å²) in [5.74, 6) is -0.489. The Morgan fingerprint density at radius 1 is 1.06 bits per heavy atom. The van der Waals surface area contributed by atoms with Crippen molar-refractivity contribution in [3.63, 3.8) is 0 Å². The number of thiazole rings is 1. The molecule has 0 radical (unpaired) electrons. The first-order valence-corrected chi connectivity index (χ1v) is 10.5. The van der Waals surface area contributed by atoms with E-state index in [4.69, 9.17) is 9.47 Å². The molecule has 0 unspecified atom stereocenters. The van der Waals surface area contributed by atoms with E-state index in [0.29, 0.717) is 27.8 Å². The van der Waals surface area contributed by atoms with E-state index in [-0.39, 0.29) is 23.8 Å². The number of anilines is 1. The van der Waals surface area contributed by atoms with Gasteiger partial charge in [-0.15, -0.1) is 11.3 Å². The van der Waals surface area contributed by atoms with Crippen molar-refractivity contribution in [1.29, 1.82) is 0 Å². The second-order valence-corrected chi connectivity index (χ2v) is 7.60. The van der Waals surface area contributed by atoms with Crippen molar-refractivity contribution in [3.8, 4) is 22.1 Å². The van der Waals surface area contributed by atoms with Gasteiger partial charge < -0.3 is 14.8 Å². The fourth-order valence-corrected chi connectivity index (χ4v) is 3.76. The Morgan fingerprint density at radius 2 is 1.84 bits per heavy atom. The molecule has 0 fully saturated rings. The molecule has 1 amide bonds. The fraction of sp³-hybridized carbons (Fsp3) is 0.0833. The summed E-state index contributed by atoms with van der Waals surface area (Å²) in [5, 5.41) is 5.03. The first kappa shape index (κ1) is 21.5. The van der Waals surface area contributed by atoms with Crippen molar-refractivity contribution in [3.05, 3.63) is 95.0 Å². The Kier molecular flexibility index (Phi) is 6.42. The molecule has 4 aromatic rings. The van der Waals surface area contributed by atoms with Crippen LogP contribution in [0.5, 0.6) is 11.5 Å². The van der Waals surface area contributed by atoms with Gasteiger partial charge in [0.1, 0.15) is 40.4 Å². The standard InChI is InChI=1S/C24H18F2N2O3S/c1-30-18-10-8-17(9-11-18)27-23(29)21-14-32-24(28-21)19-4-2-3-5-22(19)31-13-15-6-7-16(25)12-20(15)26/h2-12,14H,13H2,1H3,(H,27,29). The van der Waals surface area contributed by atoms with Gasteiger partial charge in [-0.05, 0) is 48.5 Å². The number of aromatic nitrogens is 1. The van der Waals surface area contributed by atoms with Crippen molar-refractivity contribution < 1.29 is 23.0 Å². The molecule has 5 nitrogen and oxygen atoms in total. The molecule has 1 heterocycles. The van der Waals surface area contributed by atoms with E-state index in [1.165, 1.54) is 23.5 Å². The third kappa shape index (κ3) is 4.92. The van der Waals surface area contributed by atoms with Crippen LogP contribution in [0.25, 0.3) is 10.6 Å². The quantitative estimate of drug-likeness (QED) is 0.378. The highest BCUT2D eigenvalue weighted by Gasteiger charge is 2.15. The molecule has 0 atom stereocenters. The van der Waals surface area contributed by atoms with E-state index in [0.717, 1.165) is 6.07 Å². The molecule has 1 aromatic heterocycles. The van der Waals surface area contributed by atoms with Crippen LogP contribution in [-0.4, -0.2) is 18.0 Å². The first-order valence-electron chi connectivity index (χ1n) is 9.60. The normalized spacial score (nSPS) is 10.6. The Hall–Kier alpha value is -3.78. The van der Waals surface area contributed by atoms with Crippen LogP contribution in [0.15, 0.2) is 72.1 Å². The van der Waals surface area contributed by atoms with E-state index in [1.54, 1.807) is 55.0 Å². The summed E-state index contributed by atoms with van der Waals surface area (Å²) in [6, 6.07) is 17.5. The van der Waals surface area contributed by atoms with Crippen molar-refractivity contribution in [2.45, 2.75) is 6.61 Å². The smallest absolute Gasteiger partial charge is 0.275 e. The average molecular weight is 452 g/mol. The number of rotatable bonds is 7. The maximum absolute atomic E-state index is 13.9. The van der Waals surface area contributed by atoms with Gasteiger partial charge >= 0.3 is 0 Å². The SMILES string of the molecule is COc1ccc(NC(=O)c2csc(-c3ccccc3OCc3ccc(F)cc3F)n2)cc1. The second kappa shape index (κ2) is 9.57. The Labute approximate surface area is 187 Å². The number of para-hydroxylation sites is 1. The number of halogens is 2. The van der Waals surface area contributed by atoms with E-state index < -0.39 is 11.6 Å². The molecule has 0 aliphatic rings. The fourth-order valence-electron chi connectivity index (χ4n) is 2.93. The number of nitrogens with one attached hydrogen (secondary N) is 1. The van der Waals surface area contributed by atoms with Gasteiger partial charge in [-0.1, -0.05) is 12.1 Å². The predicted molar refractivity (Wildman–Crippen MR) is 119 cm³/mol. The van der Waals surface area contributed by atoms with Gasteiger partial charge in [-0.3, -0.25) is 4.79 Å². The maximum atomic E-state index is 13.9. The molecule has 0 spiro atoms. The number of nitrogens with zero attached hydrogens (tertiary/aromatic N) is 1. The molecule has 4 rings (SSSR count). The molecule has 32 heavy (non-hydrogen) atoms. The molecule has 162 valence electrons. The largest absolute Gasteiger partial charge is 0.497 e. The van der Waals surface area contributed by atoms with E-state index in [9.17, 15) is 13.6 Å². The highest BCUT2D eigenvalue weighted by molar-refractivity contribution is 7.13. The zero-order valence-corrected chi connectivity index (χ0v) is 17.8. The molecular formula is C24H18F2N2O3S. The lowest BCUT2D eigenvalue weighted by Gasteiger charge is -2.10. The van der Waals surface area contributed by atoms with Crippen molar-refractivity contribution in [1.82, 2.24) is 4.98 Å². The van der Waals surface area contributed by atoms with Crippen LogP contribution in [0.3, 0.4) is 0 Å². The minimum absolute atomic E-state index is 0.0701. The topological polar surface area (TPSA) is 60.5 Å². The molecule has 3 aromatic carbocycles. The number of hydrogen-bond donors (Lipinski definition) is 1. The summed E-state index contributed by atoms with van der Waals surface area (Å²) < 4.78 is 37.9. The minimum atomic E-state index is -0.672. The van der Waals surface area contributed by atoms with Gasteiger partial charge in [0.25, 0.3) is 5.91 Å². The van der Waals surface area contributed by atoms with Crippen molar-refractivity contribution in [2.75, 3.05) is 12.4 Å². The van der Waals surface area contributed by atoms with Gasteiger partial charge in [-0.2, -0.15) is 0 Å². The number of amides is 1. The molecule has 8 heteroatoms. The highest BCUT2D eigenvalue weighted by Crippen LogP contribution is 2.33. The van der Waals surface area contributed by atoms with Crippen molar-refractivity contribution >= 4 is 22.9 Å². The summed E-state index contributed by atoms with van der Waals surface area (Å²) in [5.41, 5.74) is 1.79. The third-order valence-corrected chi connectivity index (χ3v) is 5.48. The van der Waals surface area contributed by atoms with Crippen LogP contribution in [0.2, 0.25) is 0 Å². The van der Waals surface area contributed by atoms with E-state index >= 15 is 0 Å². The van der Waals surface area contributed by atoms with Crippen LogP contribution in [-0.2, 0) is 6.61 Å². The molecule has 0 aliphatic carbocycles. The van der Waals surface area contributed by atoms with Crippen LogP contribution < -0.4 is 14.8 Å². The number of methoxy groups -OCH3 is 1. The zero-order chi connectivity index (χ0) is 22.5. The predicted octanol–water partition coefficient (Wildman–Crippen LogP) is 5.93. The molecular weight excluding hydrogens is 434 g/mol. The van der Waals surface area contributed by atoms with Gasteiger partial charge in [0.2, 0.25) is 0 Å². The maximum Gasteiger partial charge on any atom is 0.275 e. The van der Waals surface area contributed by atoms with Gasteiger partial charge in [0.05, 0.1) is 12.7 Å². The Morgan fingerprint density at radius 3 is 2.59 bits per heavy atom.